The van der Waals surface area contributed by atoms with Gasteiger partial charge in [0.15, 0.2) is 12.8 Å². The number of ether oxygens (including phenoxy) is 6. The summed E-state index contributed by atoms with van der Waals surface area (Å²) in [6.45, 7) is 10.6. The molecule has 0 radical (unpaired) electrons. The molecule has 0 saturated heterocycles. The topological polar surface area (TPSA) is 161 Å². The minimum Gasteiger partial charge on any atom is -0.481 e. The molecule has 8 atom stereocenters. The molecule has 0 aromatic carbocycles. The molecule has 0 aliphatic heterocycles. The average Bonchev–Trinajstić information content (AvgIpc) is 3.05. The van der Waals surface area contributed by atoms with E-state index in [9.17, 15) is 42.3 Å². The minimum absolute atomic E-state index is 0.152. The van der Waals surface area contributed by atoms with E-state index in [0.717, 1.165) is 34.6 Å². The van der Waals surface area contributed by atoms with E-state index in [2.05, 4.69) is 18.9 Å². The second-order valence-electron chi connectivity index (χ2n) is 19.2. The number of carboxylic acids is 1. The molecular weight excluding hydrogens is 900 g/mol. The number of aliphatic carboxylic acids is 1. The maximum Gasteiger partial charge on any atom is 0.510 e. The zero-order valence-corrected chi connectivity index (χ0v) is 37.5. The van der Waals surface area contributed by atoms with Crippen molar-refractivity contribution in [3.8, 4) is 0 Å². The summed E-state index contributed by atoms with van der Waals surface area (Å²) in [6.07, 6.45) is -35.7. The van der Waals surface area contributed by atoms with Gasteiger partial charge in [-0.3, -0.25) is 14.4 Å². The second-order valence-corrected chi connectivity index (χ2v) is 19.2. The summed E-state index contributed by atoms with van der Waals surface area (Å²) >= 11 is 0. The van der Waals surface area contributed by atoms with Crippen molar-refractivity contribution in [2.45, 2.75) is 187 Å². The van der Waals surface area contributed by atoms with Crippen LogP contribution < -0.4 is 0 Å². The molecule has 0 spiro atoms. The molecular formula is C40H58F12O12. The summed E-state index contributed by atoms with van der Waals surface area (Å²) in [6, 6.07) is 0. The van der Waals surface area contributed by atoms with Crippen molar-refractivity contribution in [3.05, 3.63) is 0 Å². The predicted molar refractivity (Wildman–Crippen MR) is 198 cm³/mol. The Morgan fingerprint density at radius 2 is 1.11 bits per heavy atom. The van der Waals surface area contributed by atoms with E-state index in [4.69, 9.17) is 9.47 Å². The number of hydrogen-bond donors (Lipinski definition) is 1. The standard InChI is InChI=1S/C40H58F12O12/c1-13-34(11,19-33(10,18-26(53)54)17-21(2)27(55)59-20-36(42,43)22(3)41)28(56)60-25-15-23(35(12,38(44,45)46)63-29(57)61-31(4,5)6)14-24(16-25)37(39(47,48)49,40(50,51)52)64-30(58)62-32(7,8)9/h21-25H,13-20H2,1-12H3,(H,53,54). The van der Waals surface area contributed by atoms with Gasteiger partial charge < -0.3 is 33.5 Å². The Bertz CT molecular complexity index is 1640. The molecule has 0 amide bonds. The monoisotopic (exact) mass is 958 g/mol. The van der Waals surface area contributed by atoms with Gasteiger partial charge in [0.1, 0.15) is 17.3 Å². The summed E-state index contributed by atoms with van der Waals surface area (Å²) in [5.41, 5.74) is -16.6. The van der Waals surface area contributed by atoms with Crippen LogP contribution >= 0.6 is 0 Å². The fraction of sp³-hybridized carbons (Fsp3) is 0.875. The van der Waals surface area contributed by atoms with Crippen molar-refractivity contribution < 1.29 is 110 Å². The zero-order valence-electron chi connectivity index (χ0n) is 37.5. The van der Waals surface area contributed by atoms with Gasteiger partial charge in [0.25, 0.3) is 0 Å². The van der Waals surface area contributed by atoms with Crippen LogP contribution in [-0.2, 0) is 42.8 Å². The highest BCUT2D eigenvalue weighted by Crippen LogP contribution is 2.58. The van der Waals surface area contributed by atoms with Crippen LogP contribution in [0.3, 0.4) is 0 Å². The highest BCUT2D eigenvalue weighted by atomic mass is 19.4. The van der Waals surface area contributed by atoms with Crippen LogP contribution in [0.15, 0.2) is 0 Å². The maximum atomic E-state index is 15.1. The number of rotatable bonds is 17. The van der Waals surface area contributed by atoms with Crippen molar-refractivity contribution in [3.63, 3.8) is 0 Å². The van der Waals surface area contributed by atoms with Crippen LogP contribution in [0.4, 0.5) is 62.3 Å². The molecule has 0 bridgehead atoms. The number of carboxylic acid groups (broad SMARTS) is 1. The highest BCUT2D eigenvalue weighted by Gasteiger charge is 2.79. The van der Waals surface area contributed by atoms with E-state index < -0.39 is 163 Å². The lowest BCUT2D eigenvalue weighted by molar-refractivity contribution is -0.392. The van der Waals surface area contributed by atoms with Crippen molar-refractivity contribution in [2.24, 2.45) is 28.6 Å². The van der Waals surface area contributed by atoms with Gasteiger partial charge in [0.2, 0.25) is 5.60 Å². The molecule has 1 saturated carbocycles. The molecule has 0 aromatic heterocycles. The Labute approximate surface area is 362 Å². The lowest BCUT2D eigenvalue weighted by atomic mass is 9.65. The zero-order chi connectivity index (χ0) is 50.7. The fourth-order valence-electron chi connectivity index (χ4n) is 7.58. The summed E-state index contributed by atoms with van der Waals surface area (Å²) in [4.78, 5) is 64.2. The van der Waals surface area contributed by atoms with Crippen molar-refractivity contribution in [1.29, 1.82) is 0 Å². The quantitative estimate of drug-likeness (QED) is 0.0836. The first-order valence-electron chi connectivity index (χ1n) is 20.0. The lowest BCUT2D eigenvalue weighted by Crippen LogP contribution is -2.67. The van der Waals surface area contributed by atoms with Gasteiger partial charge in [-0.25, -0.2) is 14.0 Å². The van der Waals surface area contributed by atoms with E-state index in [1.807, 2.05) is 0 Å². The number of carbonyl (C=O) groups is 5. The first-order valence-corrected chi connectivity index (χ1v) is 20.0. The number of alkyl halides is 12. The molecule has 1 rings (SSSR count). The molecule has 374 valence electrons. The van der Waals surface area contributed by atoms with Crippen molar-refractivity contribution in [1.82, 2.24) is 0 Å². The minimum atomic E-state index is -6.65. The van der Waals surface area contributed by atoms with Crippen molar-refractivity contribution in [2.75, 3.05) is 6.61 Å². The van der Waals surface area contributed by atoms with E-state index >= 15 is 39.5 Å². The van der Waals surface area contributed by atoms with Gasteiger partial charge >= 0.3 is 60.3 Å². The fourth-order valence-corrected chi connectivity index (χ4v) is 7.58. The molecule has 64 heavy (non-hydrogen) atoms. The summed E-state index contributed by atoms with van der Waals surface area (Å²) in [7, 11) is 0. The molecule has 12 nitrogen and oxygen atoms in total. The van der Waals surface area contributed by atoms with Gasteiger partial charge in [-0.1, -0.05) is 20.8 Å². The highest BCUT2D eigenvalue weighted by molar-refractivity contribution is 5.77. The van der Waals surface area contributed by atoms with Crippen LogP contribution in [0.5, 0.6) is 0 Å². The average molecular weight is 959 g/mol. The lowest BCUT2D eigenvalue weighted by Gasteiger charge is -2.49. The van der Waals surface area contributed by atoms with E-state index in [0.29, 0.717) is 6.92 Å². The normalized spacial score (nSPS) is 22.0. The first kappa shape index (κ1) is 58.1. The maximum absolute atomic E-state index is 15.1. The summed E-state index contributed by atoms with van der Waals surface area (Å²) < 4.78 is 205. The smallest absolute Gasteiger partial charge is 0.481 e. The van der Waals surface area contributed by atoms with Gasteiger partial charge in [0, 0.05) is 11.8 Å². The summed E-state index contributed by atoms with van der Waals surface area (Å²) in [5, 5.41) is 9.76. The third kappa shape index (κ3) is 15.1. The number of esters is 2. The van der Waals surface area contributed by atoms with E-state index in [-0.39, 0.29) is 13.3 Å². The Hall–Kier alpha value is -3.89. The Morgan fingerprint density at radius 1 is 0.656 bits per heavy atom. The van der Waals surface area contributed by atoms with E-state index in [1.165, 1.54) is 34.6 Å². The number of halogens is 12. The van der Waals surface area contributed by atoms with Crippen molar-refractivity contribution >= 4 is 30.2 Å². The molecule has 0 aromatic rings. The molecule has 8 unspecified atom stereocenters. The van der Waals surface area contributed by atoms with Gasteiger partial charge in [-0.2, -0.15) is 48.3 Å². The van der Waals surface area contributed by atoms with Crippen LogP contribution in [0, 0.1) is 28.6 Å². The van der Waals surface area contributed by atoms with Gasteiger partial charge in [0.05, 0.1) is 17.8 Å². The first-order chi connectivity index (χ1) is 28.3. The van der Waals surface area contributed by atoms with Crippen LogP contribution in [0.2, 0.25) is 0 Å². The second kappa shape index (κ2) is 19.9. The third-order valence-corrected chi connectivity index (χ3v) is 10.9. The van der Waals surface area contributed by atoms with Crippen LogP contribution in [0.1, 0.15) is 128 Å². The molecule has 1 aliphatic carbocycles. The largest absolute Gasteiger partial charge is 0.510 e. The Morgan fingerprint density at radius 3 is 1.50 bits per heavy atom. The Kier molecular flexibility index (Phi) is 18.1. The van der Waals surface area contributed by atoms with Crippen LogP contribution in [0.25, 0.3) is 0 Å². The SMILES string of the molecule is CCC(C)(CC(C)(CC(=O)O)CC(C)C(=O)OCC(F)(F)C(C)F)C(=O)OC1CC(C(C)(OC(=O)OC(C)(C)C)C(F)(F)F)CC(C(OC(=O)OC(C)(C)C)(C(F)(F)F)C(F)(F)F)C1. The van der Waals surface area contributed by atoms with E-state index in [1.54, 1.807) is 0 Å². The predicted octanol–water partition coefficient (Wildman–Crippen LogP) is 11.3. The Balaban J connectivity index is 3.99. The molecule has 1 N–H and O–H groups in total. The molecule has 1 fully saturated rings. The van der Waals surface area contributed by atoms with Gasteiger partial charge in [-0.05, 0) is 106 Å². The van der Waals surface area contributed by atoms with Crippen LogP contribution in [-0.4, -0.2) is 101 Å². The molecule has 1 aliphatic rings. The number of carbonyl (C=O) groups excluding carboxylic acids is 4. The summed E-state index contributed by atoms with van der Waals surface area (Å²) in [5.74, 6) is -15.7. The third-order valence-electron chi connectivity index (χ3n) is 10.9. The number of hydrogen-bond acceptors (Lipinski definition) is 11. The molecule has 24 heteroatoms. The van der Waals surface area contributed by atoms with Gasteiger partial charge in [-0.15, -0.1) is 0 Å². The molecule has 0 heterocycles.